The normalized spacial score (nSPS) is 10.3. The minimum Gasteiger partial charge on any atom is -0.326 e. The number of hydrogen-bond acceptors (Lipinski definition) is 2. The summed E-state index contributed by atoms with van der Waals surface area (Å²) in [6, 6.07) is 24.7. The fraction of sp³-hybridized carbons (Fsp3) is 0.130. The minimum absolute atomic E-state index is 0.0301. The van der Waals surface area contributed by atoms with Gasteiger partial charge in [-0.1, -0.05) is 55.5 Å². The second kappa shape index (κ2) is 8.81. The Morgan fingerprint density at radius 1 is 0.741 bits per heavy atom. The maximum Gasteiger partial charge on any atom is 0.255 e. The second-order valence-electron chi connectivity index (χ2n) is 6.28. The summed E-state index contributed by atoms with van der Waals surface area (Å²) in [6.45, 7) is 1.96. The maximum absolute atomic E-state index is 12.5. The van der Waals surface area contributed by atoms with Crippen molar-refractivity contribution >= 4 is 23.2 Å². The summed E-state index contributed by atoms with van der Waals surface area (Å²) < 4.78 is 0. The molecular formula is C23H22N2O2. The molecule has 0 unspecified atom stereocenters. The van der Waals surface area contributed by atoms with Gasteiger partial charge in [0.1, 0.15) is 0 Å². The van der Waals surface area contributed by atoms with Gasteiger partial charge in [0.15, 0.2) is 0 Å². The summed E-state index contributed by atoms with van der Waals surface area (Å²) in [6.07, 6.45) is 1.27. The topological polar surface area (TPSA) is 58.2 Å². The van der Waals surface area contributed by atoms with Crippen molar-refractivity contribution in [1.82, 2.24) is 0 Å². The van der Waals surface area contributed by atoms with Crippen LogP contribution in [0.2, 0.25) is 0 Å². The van der Waals surface area contributed by atoms with E-state index in [4.69, 9.17) is 0 Å². The predicted octanol–water partition coefficient (Wildman–Crippen LogP) is 5.34. The zero-order valence-electron chi connectivity index (χ0n) is 15.2. The number of nitrogens with one attached hydrogen (secondary N) is 2. The summed E-state index contributed by atoms with van der Waals surface area (Å²) in [5.41, 5.74) is 4.06. The number of carbonyl (C=O) groups is 2. The van der Waals surface area contributed by atoms with Gasteiger partial charge in [-0.25, -0.2) is 0 Å². The molecule has 4 nitrogen and oxygen atoms in total. The highest BCUT2D eigenvalue weighted by molar-refractivity contribution is 6.05. The standard InChI is InChI=1S/C23H22N2O2/c1-2-7-22(26)24-20-10-6-11-21(16-20)25-23(27)19-14-12-18(13-15-19)17-8-4-3-5-9-17/h3-6,8-16H,2,7H2,1H3,(H,24,26)(H,25,27). The lowest BCUT2D eigenvalue weighted by molar-refractivity contribution is -0.116. The molecule has 0 aliphatic heterocycles. The van der Waals surface area contributed by atoms with Crippen LogP contribution in [0.4, 0.5) is 11.4 Å². The lowest BCUT2D eigenvalue weighted by Gasteiger charge is -2.09. The molecule has 3 aromatic rings. The molecular weight excluding hydrogens is 336 g/mol. The van der Waals surface area contributed by atoms with E-state index >= 15 is 0 Å². The highest BCUT2D eigenvalue weighted by Crippen LogP contribution is 2.20. The Hall–Kier alpha value is -3.40. The Morgan fingerprint density at radius 2 is 1.37 bits per heavy atom. The van der Waals surface area contributed by atoms with Gasteiger partial charge in [0.25, 0.3) is 5.91 Å². The minimum atomic E-state index is -0.188. The van der Waals surface area contributed by atoms with Gasteiger partial charge in [-0.15, -0.1) is 0 Å². The number of rotatable bonds is 6. The monoisotopic (exact) mass is 358 g/mol. The number of hydrogen-bond donors (Lipinski definition) is 2. The first-order chi connectivity index (χ1) is 13.2. The van der Waals surface area contributed by atoms with E-state index in [-0.39, 0.29) is 11.8 Å². The highest BCUT2D eigenvalue weighted by Gasteiger charge is 2.08. The van der Waals surface area contributed by atoms with Gasteiger partial charge in [-0.05, 0) is 47.9 Å². The molecule has 0 aromatic heterocycles. The molecule has 0 atom stereocenters. The first kappa shape index (κ1) is 18.4. The average Bonchev–Trinajstić information content (AvgIpc) is 2.69. The third kappa shape index (κ3) is 5.05. The molecule has 0 heterocycles. The molecule has 3 rings (SSSR count). The van der Waals surface area contributed by atoms with Crippen molar-refractivity contribution in [3.63, 3.8) is 0 Å². The van der Waals surface area contributed by atoms with Crippen molar-refractivity contribution in [3.8, 4) is 11.1 Å². The summed E-state index contributed by atoms with van der Waals surface area (Å²) >= 11 is 0. The molecule has 0 saturated heterocycles. The Balaban J connectivity index is 1.67. The quantitative estimate of drug-likeness (QED) is 0.624. The van der Waals surface area contributed by atoms with E-state index in [2.05, 4.69) is 10.6 Å². The Bertz CT molecular complexity index is 919. The molecule has 2 amide bonds. The van der Waals surface area contributed by atoms with Crippen LogP contribution in [0.3, 0.4) is 0 Å². The van der Waals surface area contributed by atoms with Gasteiger partial charge in [-0.2, -0.15) is 0 Å². The van der Waals surface area contributed by atoms with Crippen LogP contribution in [0.15, 0.2) is 78.9 Å². The van der Waals surface area contributed by atoms with Gasteiger partial charge in [-0.3, -0.25) is 9.59 Å². The molecule has 0 spiro atoms. The largest absolute Gasteiger partial charge is 0.326 e. The van der Waals surface area contributed by atoms with E-state index in [0.29, 0.717) is 23.4 Å². The third-order valence-electron chi connectivity index (χ3n) is 4.14. The van der Waals surface area contributed by atoms with Gasteiger partial charge in [0, 0.05) is 23.4 Å². The maximum atomic E-state index is 12.5. The molecule has 0 radical (unpaired) electrons. The van der Waals surface area contributed by atoms with Crippen molar-refractivity contribution in [2.45, 2.75) is 19.8 Å². The first-order valence-corrected chi connectivity index (χ1v) is 9.02. The van der Waals surface area contributed by atoms with Gasteiger partial charge in [0.05, 0.1) is 0 Å². The van der Waals surface area contributed by atoms with Crippen molar-refractivity contribution in [3.05, 3.63) is 84.4 Å². The summed E-state index contributed by atoms with van der Waals surface area (Å²) in [5, 5.41) is 5.70. The van der Waals surface area contributed by atoms with E-state index in [0.717, 1.165) is 17.5 Å². The Labute approximate surface area is 159 Å². The van der Waals surface area contributed by atoms with Crippen molar-refractivity contribution < 1.29 is 9.59 Å². The number of benzene rings is 3. The van der Waals surface area contributed by atoms with Crippen molar-refractivity contribution in [2.75, 3.05) is 10.6 Å². The third-order valence-corrected chi connectivity index (χ3v) is 4.14. The van der Waals surface area contributed by atoms with Crippen LogP contribution in [-0.4, -0.2) is 11.8 Å². The zero-order chi connectivity index (χ0) is 19.1. The predicted molar refractivity (Wildman–Crippen MR) is 110 cm³/mol. The molecule has 27 heavy (non-hydrogen) atoms. The molecule has 136 valence electrons. The van der Waals surface area contributed by atoms with E-state index < -0.39 is 0 Å². The Kier molecular flexibility index (Phi) is 6.00. The van der Waals surface area contributed by atoms with E-state index in [1.807, 2.05) is 61.5 Å². The van der Waals surface area contributed by atoms with Crippen LogP contribution in [0.5, 0.6) is 0 Å². The van der Waals surface area contributed by atoms with E-state index in [1.54, 1.807) is 24.3 Å². The molecule has 3 aromatic carbocycles. The molecule has 2 N–H and O–H groups in total. The Morgan fingerprint density at radius 3 is 2.04 bits per heavy atom. The van der Waals surface area contributed by atoms with Crippen molar-refractivity contribution in [1.29, 1.82) is 0 Å². The number of carbonyl (C=O) groups excluding carboxylic acids is 2. The lowest BCUT2D eigenvalue weighted by Crippen LogP contribution is -2.13. The molecule has 4 heteroatoms. The molecule has 0 aliphatic rings. The van der Waals surface area contributed by atoms with Crippen LogP contribution in [0, 0.1) is 0 Å². The van der Waals surface area contributed by atoms with Crippen LogP contribution >= 0.6 is 0 Å². The summed E-state index contributed by atoms with van der Waals surface area (Å²) in [4.78, 5) is 24.2. The van der Waals surface area contributed by atoms with Gasteiger partial charge < -0.3 is 10.6 Å². The van der Waals surface area contributed by atoms with Crippen LogP contribution in [0.25, 0.3) is 11.1 Å². The van der Waals surface area contributed by atoms with Crippen LogP contribution in [0.1, 0.15) is 30.1 Å². The summed E-state index contributed by atoms with van der Waals surface area (Å²) in [5.74, 6) is -0.218. The number of amides is 2. The fourth-order valence-electron chi connectivity index (χ4n) is 2.77. The van der Waals surface area contributed by atoms with Crippen molar-refractivity contribution in [2.24, 2.45) is 0 Å². The van der Waals surface area contributed by atoms with Crippen LogP contribution < -0.4 is 10.6 Å². The summed E-state index contributed by atoms with van der Waals surface area (Å²) in [7, 11) is 0. The van der Waals surface area contributed by atoms with Gasteiger partial charge in [0.2, 0.25) is 5.91 Å². The lowest BCUT2D eigenvalue weighted by atomic mass is 10.0. The van der Waals surface area contributed by atoms with Crippen LogP contribution in [-0.2, 0) is 4.79 Å². The zero-order valence-corrected chi connectivity index (χ0v) is 15.2. The molecule has 0 bridgehead atoms. The SMILES string of the molecule is CCCC(=O)Nc1cccc(NC(=O)c2ccc(-c3ccccc3)cc2)c1. The molecule has 0 aliphatic carbocycles. The van der Waals surface area contributed by atoms with E-state index in [1.165, 1.54) is 0 Å². The number of anilines is 2. The van der Waals surface area contributed by atoms with E-state index in [9.17, 15) is 9.59 Å². The smallest absolute Gasteiger partial charge is 0.255 e. The molecule has 0 fully saturated rings. The molecule has 0 saturated carbocycles. The first-order valence-electron chi connectivity index (χ1n) is 9.02. The van der Waals surface area contributed by atoms with Gasteiger partial charge >= 0.3 is 0 Å². The highest BCUT2D eigenvalue weighted by atomic mass is 16.2. The average molecular weight is 358 g/mol. The second-order valence-corrected chi connectivity index (χ2v) is 6.28. The fourth-order valence-corrected chi connectivity index (χ4v) is 2.77.